The molecular weight excluding hydrogens is 410 g/mol. The molecule has 0 radical (unpaired) electrons. The Morgan fingerprint density at radius 2 is 1.70 bits per heavy atom. The number of hydrogen-bond donors (Lipinski definition) is 1. The fourth-order valence-corrected chi connectivity index (χ4v) is 4.83. The summed E-state index contributed by atoms with van der Waals surface area (Å²) in [6, 6.07) is 3.00. The van der Waals surface area contributed by atoms with Gasteiger partial charge in [0.25, 0.3) is 11.6 Å². The van der Waals surface area contributed by atoms with E-state index in [4.69, 9.17) is 0 Å². The Labute approximate surface area is 175 Å². The second-order valence-electron chi connectivity index (χ2n) is 8.15. The SMILES string of the molecule is CS(=O)(=O)c1cc(C(=O)NC2CCN(C(=O)C3CCCCC3)CC2)cc([N+](=O)[O-])c1. The quantitative estimate of drug-likeness (QED) is 0.556. The second kappa shape index (κ2) is 9.11. The normalized spacial score (nSPS) is 18.8. The average Bonchev–Trinajstić information content (AvgIpc) is 2.73. The van der Waals surface area contributed by atoms with Crippen LogP contribution in [-0.4, -0.2) is 55.4 Å². The molecule has 1 saturated heterocycles. The van der Waals surface area contributed by atoms with E-state index in [-0.39, 0.29) is 28.3 Å². The molecule has 1 aromatic rings. The first-order valence-electron chi connectivity index (χ1n) is 10.2. The van der Waals surface area contributed by atoms with Gasteiger partial charge in [0.15, 0.2) is 9.84 Å². The molecule has 2 aliphatic rings. The molecule has 10 heteroatoms. The van der Waals surface area contributed by atoms with Gasteiger partial charge >= 0.3 is 0 Å². The molecule has 164 valence electrons. The number of nitrogens with zero attached hydrogens (tertiary/aromatic N) is 2. The number of sulfone groups is 1. The van der Waals surface area contributed by atoms with Gasteiger partial charge in [-0.2, -0.15) is 0 Å². The molecular formula is C20H27N3O6S. The molecule has 0 unspecified atom stereocenters. The van der Waals surface area contributed by atoms with Crippen molar-refractivity contribution in [2.45, 2.75) is 55.9 Å². The summed E-state index contributed by atoms with van der Waals surface area (Å²) in [7, 11) is -3.70. The number of carbonyl (C=O) groups is 2. The van der Waals surface area contributed by atoms with Gasteiger partial charge in [0.05, 0.1) is 9.82 Å². The predicted molar refractivity (Wildman–Crippen MR) is 110 cm³/mol. The lowest BCUT2D eigenvalue weighted by Gasteiger charge is -2.35. The summed E-state index contributed by atoms with van der Waals surface area (Å²) in [5, 5.41) is 13.9. The largest absolute Gasteiger partial charge is 0.349 e. The average molecular weight is 438 g/mol. The van der Waals surface area contributed by atoms with Crippen LogP contribution in [0, 0.1) is 16.0 Å². The lowest BCUT2D eigenvalue weighted by molar-refractivity contribution is -0.385. The summed E-state index contributed by atoms with van der Waals surface area (Å²) in [6.07, 6.45) is 7.42. The van der Waals surface area contributed by atoms with Crippen LogP contribution in [0.5, 0.6) is 0 Å². The molecule has 30 heavy (non-hydrogen) atoms. The summed E-state index contributed by atoms with van der Waals surface area (Å²) in [5.41, 5.74) is -0.513. The lowest BCUT2D eigenvalue weighted by Crippen LogP contribution is -2.48. The van der Waals surface area contributed by atoms with Crippen LogP contribution in [0.15, 0.2) is 23.1 Å². The van der Waals surface area contributed by atoms with Crippen molar-refractivity contribution in [3.05, 3.63) is 33.9 Å². The molecule has 1 aliphatic heterocycles. The number of nitro groups is 1. The van der Waals surface area contributed by atoms with Gasteiger partial charge in [-0.15, -0.1) is 0 Å². The summed E-state index contributed by atoms with van der Waals surface area (Å²) < 4.78 is 23.6. The number of likely N-dealkylation sites (tertiary alicyclic amines) is 1. The van der Waals surface area contributed by atoms with Crippen molar-refractivity contribution >= 4 is 27.3 Å². The van der Waals surface area contributed by atoms with Crippen LogP contribution in [-0.2, 0) is 14.6 Å². The third-order valence-corrected chi connectivity index (χ3v) is 6.98. The number of rotatable bonds is 5. The van der Waals surface area contributed by atoms with E-state index in [9.17, 15) is 28.1 Å². The zero-order valence-electron chi connectivity index (χ0n) is 17.0. The van der Waals surface area contributed by atoms with E-state index in [2.05, 4.69) is 5.32 Å². The summed E-state index contributed by atoms with van der Waals surface area (Å²) in [5.74, 6) is -0.235. The van der Waals surface area contributed by atoms with Crippen LogP contribution >= 0.6 is 0 Å². The van der Waals surface area contributed by atoms with Crippen LogP contribution in [0.1, 0.15) is 55.3 Å². The first-order valence-corrected chi connectivity index (χ1v) is 12.1. The summed E-state index contributed by atoms with van der Waals surface area (Å²) >= 11 is 0. The lowest BCUT2D eigenvalue weighted by atomic mass is 9.87. The highest BCUT2D eigenvalue weighted by atomic mass is 32.2. The molecule has 1 saturated carbocycles. The number of nitrogens with one attached hydrogen (secondary N) is 1. The molecule has 9 nitrogen and oxygen atoms in total. The molecule has 1 heterocycles. The van der Waals surface area contributed by atoms with E-state index >= 15 is 0 Å². The van der Waals surface area contributed by atoms with Crippen molar-refractivity contribution in [1.82, 2.24) is 10.2 Å². The standard InChI is InChI=1S/C20H27N3O6S/c1-30(28,29)18-12-15(11-17(13-18)23(26)27)19(24)21-16-7-9-22(10-8-16)20(25)14-5-3-2-4-6-14/h11-14,16H,2-10H2,1H3,(H,21,24). The highest BCUT2D eigenvalue weighted by Crippen LogP contribution is 2.27. The molecule has 2 amide bonds. The maximum Gasteiger partial charge on any atom is 0.271 e. The third-order valence-electron chi connectivity index (χ3n) is 5.89. The number of piperidine rings is 1. The van der Waals surface area contributed by atoms with Gasteiger partial charge in [-0.05, 0) is 31.7 Å². The Bertz CT molecular complexity index is 932. The van der Waals surface area contributed by atoms with Crippen molar-refractivity contribution in [2.75, 3.05) is 19.3 Å². The number of hydrogen-bond acceptors (Lipinski definition) is 6. The highest BCUT2D eigenvalue weighted by molar-refractivity contribution is 7.90. The van der Waals surface area contributed by atoms with Crippen LogP contribution in [0.3, 0.4) is 0 Å². The number of carbonyl (C=O) groups excluding carboxylic acids is 2. The van der Waals surface area contributed by atoms with E-state index in [1.165, 1.54) is 6.42 Å². The van der Waals surface area contributed by atoms with E-state index in [0.29, 0.717) is 25.9 Å². The third kappa shape index (κ3) is 5.35. The monoisotopic (exact) mass is 437 g/mol. The van der Waals surface area contributed by atoms with Crippen molar-refractivity contribution in [1.29, 1.82) is 0 Å². The van der Waals surface area contributed by atoms with E-state index in [1.54, 1.807) is 0 Å². The van der Waals surface area contributed by atoms with Gasteiger partial charge in [-0.1, -0.05) is 19.3 Å². The number of benzene rings is 1. The zero-order chi connectivity index (χ0) is 21.9. The van der Waals surface area contributed by atoms with Crippen LogP contribution in [0.4, 0.5) is 5.69 Å². The molecule has 0 atom stereocenters. The van der Waals surface area contributed by atoms with Crippen LogP contribution in [0.25, 0.3) is 0 Å². The van der Waals surface area contributed by atoms with Gasteiger partial charge in [-0.25, -0.2) is 8.42 Å². The topological polar surface area (TPSA) is 127 Å². The summed E-state index contributed by atoms with van der Waals surface area (Å²) in [4.78, 5) is 37.3. The molecule has 0 aromatic heterocycles. The van der Waals surface area contributed by atoms with Crippen molar-refractivity contribution < 1.29 is 22.9 Å². The minimum Gasteiger partial charge on any atom is -0.349 e. The Balaban J connectivity index is 1.62. The van der Waals surface area contributed by atoms with E-state index in [1.807, 2.05) is 4.90 Å². The molecule has 1 aromatic carbocycles. The molecule has 1 aliphatic carbocycles. The van der Waals surface area contributed by atoms with Gasteiger partial charge in [-0.3, -0.25) is 19.7 Å². The molecule has 0 bridgehead atoms. The smallest absolute Gasteiger partial charge is 0.271 e. The van der Waals surface area contributed by atoms with Crippen molar-refractivity contribution in [2.24, 2.45) is 5.92 Å². The molecule has 1 N–H and O–H groups in total. The van der Waals surface area contributed by atoms with Crippen LogP contribution < -0.4 is 5.32 Å². The maximum atomic E-state index is 12.7. The van der Waals surface area contributed by atoms with Gasteiger partial charge < -0.3 is 10.2 Å². The maximum absolute atomic E-state index is 12.7. The van der Waals surface area contributed by atoms with Gasteiger partial charge in [0.1, 0.15) is 0 Å². The molecule has 0 spiro atoms. The minimum absolute atomic E-state index is 0.0645. The van der Waals surface area contributed by atoms with Crippen molar-refractivity contribution in [3.8, 4) is 0 Å². The molecule has 3 rings (SSSR count). The number of amides is 2. The van der Waals surface area contributed by atoms with E-state index in [0.717, 1.165) is 50.1 Å². The van der Waals surface area contributed by atoms with Gasteiger partial charge in [0.2, 0.25) is 5.91 Å². The number of non-ortho nitro benzene ring substituents is 1. The Hall–Kier alpha value is -2.49. The number of nitro benzene ring substituents is 1. The van der Waals surface area contributed by atoms with Gasteiger partial charge in [0, 0.05) is 49.0 Å². The van der Waals surface area contributed by atoms with E-state index < -0.39 is 26.4 Å². The fourth-order valence-electron chi connectivity index (χ4n) is 4.15. The minimum atomic E-state index is -3.70. The zero-order valence-corrected chi connectivity index (χ0v) is 17.8. The Morgan fingerprint density at radius 1 is 1.07 bits per heavy atom. The van der Waals surface area contributed by atoms with Crippen LogP contribution in [0.2, 0.25) is 0 Å². The summed E-state index contributed by atoms with van der Waals surface area (Å²) in [6.45, 7) is 1.12. The predicted octanol–water partition coefficient (Wildman–Crippen LogP) is 2.30. The second-order valence-corrected chi connectivity index (χ2v) is 10.2. The first-order chi connectivity index (χ1) is 14.1. The fraction of sp³-hybridized carbons (Fsp3) is 0.600. The van der Waals surface area contributed by atoms with Crippen molar-refractivity contribution in [3.63, 3.8) is 0 Å². The Kier molecular flexibility index (Phi) is 6.74. The first kappa shape index (κ1) is 22.2. The Morgan fingerprint density at radius 3 is 2.27 bits per heavy atom. The molecule has 2 fully saturated rings. The highest BCUT2D eigenvalue weighted by Gasteiger charge is 2.30.